The quantitative estimate of drug-likeness (QED) is 0.801. The molecule has 1 heterocycles. The molecule has 0 N–H and O–H groups in total. The lowest BCUT2D eigenvalue weighted by molar-refractivity contribution is 0.0586. The fourth-order valence-electron chi connectivity index (χ4n) is 1.75. The first kappa shape index (κ1) is 13.7. The molecule has 0 radical (unpaired) electrons. The van der Waals surface area contributed by atoms with Crippen LogP contribution in [0, 0.1) is 0 Å². The van der Waals surface area contributed by atoms with Crippen molar-refractivity contribution < 1.29 is 19.1 Å². The third kappa shape index (κ3) is 2.83. The summed E-state index contributed by atoms with van der Waals surface area (Å²) in [7, 11) is 2.52. The van der Waals surface area contributed by atoms with Crippen molar-refractivity contribution >= 4 is 11.9 Å². The zero-order valence-corrected chi connectivity index (χ0v) is 11.1. The zero-order valence-electron chi connectivity index (χ0n) is 11.1. The second-order valence-electron chi connectivity index (χ2n) is 3.98. The van der Waals surface area contributed by atoms with Gasteiger partial charge in [-0.3, -0.25) is 0 Å². The lowest BCUT2D eigenvalue weighted by atomic mass is 10.0. The van der Waals surface area contributed by atoms with E-state index in [4.69, 9.17) is 0 Å². The number of esters is 2. The molecule has 5 heteroatoms. The van der Waals surface area contributed by atoms with Crippen LogP contribution < -0.4 is 0 Å². The van der Waals surface area contributed by atoms with Crippen LogP contribution in [0.4, 0.5) is 0 Å². The number of methoxy groups -OCH3 is 2. The SMILES string of the molecule is COC(=O)c1cc(-c2ccccc2)cc(C(=O)OC)n1. The van der Waals surface area contributed by atoms with Gasteiger partial charge in [0.2, 0.25) is 0 Å². The van der Waals surface area contributed by atoms with Gasteiger partial charge in [0.05, 0.1) is 14.2 Å². The molecule has 0 amide bonds. The van der Waals surface area contributed by atoms with E-state index in [1.54, 1.807) is 12.1 Å². The molecule has 0 saturated heterocycles. The minimum absolute atomic E-state index is 0.0641. The Balaban J connectivity index is 2.57. The molecule has 0 aliphatic rings. The first-order valence-electron chi connectivity index (χ1n) is 5.90. The molecule has 2 aromatic rings. The standard InChI is InChI=1S/C15H13NO4/c1-19-14(17)12-8-11(10-6-4-3-5-7-10)9-13(16-12)15(18)20-2/h3-9H,1-2H3. The van der Waals surface area contributed by atoms with Crippen molar-refractivity contribution in [2.24, 2.45) is 0 Å². The third-order valence-corrected chi connectivity index (χ3v) is 2.72. The Morgan fingerprint density at radius 1 is 0.850 bits per heavy atom. The van der Waals surface area contributed by atoms with Crippen LogP contribution >= 0.6 is 0 Å². The summed E-state index contributed by atoms with van der Waals surface area (Å²) in [5.74, 6) is -1.21. The highest BCUT2D eigenvalue weighted by Gasteiger charge is 2.16. The van der Waals surface area contributed by atoms with Gasteiger partial charge < -0.3 is 9.47 Å². The maximum absolute atomic E-state index is 11.6. The summed E-state index contributed by atoms with van der Waals surface area (Å²) < 4.78 is 9.28. The molecule has 0 aliphatic carbocycles. The molecule has 1 aromatic carbocycles. The van der Waals surface area contributed by atoms with Crippen LogP contribution in [-0.2, 0) is 9.47 Å². The van der Waals surface area contributed by atoms with Crippen LogP contribution in [0.2, 0.25) is 0 Å². The fourth-order valence-corrected chi connectivity index (χ4v) is 1.75. The van der Waals surface area contributed by atoms with Crippen molar-refractivity contribution in [1.29, 1.82) is 0 Å². The van der Waals surface area contributed by atoms with E-state index >= 15 is 0 Å². The molecule has 0 bridgehead atoms. The topological polar surface area (TPSA) is 65.5 Å². The van der Waals surface area contributed by atoms with Crippen LogP contribution in [0.3, 0.4) is 0 Å². The lowest BCUT2D eigenvalue weighted by Crippen LogP contribution is -2.11. The van der Waals surface area contributed by atoms with Crippen molar-refractivity contribution in [3.63, 3.8) is 0 Å². The molecule has 2 rings (SSSR count). The monoisotopic (exact) mass is 271 g/mol. The highest BCUT2D eigenvalue weighted by atomic mass is 16.5. The highest BCUT2D eigenvalue weighted by molar-refractivity contribution is 5.93. The van der Waals surface area contributed by atoms with E-state index in [2.05, 4.69) is 14.5 Å². The Morgan fingerprint density at radius 3 is 1.80 bits per heavy atom. The van der Waals surface area contributed by atoms with Crippen molar-refractivity contribution in [1.82, 2.24) is 4.98 Å². The number of benzene rings is 1. The van der Waals surface area contributed by atoms with Crippen molar-refractivity contribution in [3.05, 3.63) is 53.9 Å². The van der Waals surface area contributed by atoms with Crippen LogP contribution in [-0.4, -0.2) is 31.1 Å². The molecule has 20 heavy (non-hydrogen) atoms. The van der Waals surface area contributed by atoms with Gasteiger partial charge in [0.25, 0.3) is 0 Å². The molecule has 0 fully saturated rings. The summed E-state index contributed by atoms with van der Waals surface area (Å²) in [6.07, 6.45) is 0. The maximum atomic E-state index is 11.6. The molecule has 0 saturated carbocycles. The first-order chi connectivity index (χ1) is 9.65. The number of nitrogens with zero attached hydrogens (tertiary/aromatic N) is 1. The molecule has 102 valence electrons. The van der Waals surface area contributed by atoms with E-state index in [1.165, 1.54) is 14.2 Å². The molecule has 5 nitrogen and oxygen atoms in total. The second kappa shape index (κ2) is 5.97. The number of carbonyl (C=O) groups excluding carboxylic acids is 2. The van der Waals surface area contributed by atoms with Gasteiger partial charge in [-0.05, 0) is 23.3 Å². The van der Waals surface area contributed by atoms with Gasteiger partial charge in [0.1, 0.15) is 11.4 Å². The summed E-state index contributed by atoms with van der Waals surface area (Å²) in [6.45, 7) is 0. The maximum Gasteiger partial charge on any atom is 0.356 e. The highest BCUT2D eigenvalue weighted by Crippen LogP contribution is 2.21. The molecule has 0 atom stereocenters. The predicted octanol–water partition coefficient (Wildman–Crippen LogP) is 2.32. The molecule has 1 aromatic heterocycles. The van der Waals surface area contributed by atoms with Gasteiger partial charge in [-0.15, -0.1) is 0 Å². The summed E-state index contributed by atoms with van der Waals surface area (Å²) in [5, 5.41) is 0. The van der Waals surface area contributed by atoms with E-state index in [-0.39, 0.29) is 11.4 Å². The Morgan fingerprint density at radius 2 is 1.35 bits per heavy atom. The summed E-state index contributed by atoms with van der Waals surface area (Å²) >= 11 is 0. The molecule has 0 aliphatic heterocycles. The Hall–Kier alpha value is -2.69. The molecule has 0 unspecified atom stereocenters. The predicted molar refractivity (Wildman–Crippen MR) is 72.4 cm³/mol. The summed E-state index contributed by atoms with van der Waals surface area (Å²) in [6, 6.07) is 12.5. The van der Waals surface area contributed by atoms with E-state index < -0.39 is 11.9 Å². The third-order valence-electron chi connectivity index (χ3n) is 2.72. The largest absolute Gasteiger partial charge is 0.464 e. The number of pyridine rings is 1. The fraction of sp³-hybridized carbons (Fsp3) is 0.133. The van der Waals surface area contributed by atoms with Gasteiger partial charge in [-0.25, -0.2) is 14.6 Å². The first-order valence-corrected chi connectivity index (χ1v) is 5.90. The smallest absolute Gasteiger partial charge is 0.356 e. The average Bonchev–Trinajstić information content (AvgIpc) is 2.53. The molecular formula is C15H13NO4. The zero-order chi connectivity index (χ0) is 14.5. The minimum Gasteiger partial charge on any atom is -0.464 e. The van der Waals surface area contributed by atoms with Crippen molar-refractivity contribution in [2.75, 3.05) is 14.2 Å². The summed E-state index contributed by atoms with van der Waals surface area (Å²) in [5.41, 5.74) is 1.69. The van der Waals surface area contributed by atoms with Gasteiger partial charge in [-0.1, -0.05) is 30.3 Å². The van der Waals surface area contributed by atoms with E-state index in [0.29, 0.717) is 5.56 Å². The van der Waals surface area contributed by atoms with E-state index in [0.717, 1.165) is 5.56 Å². The number of carbonyl (C=O) groups is 2. The number of hydrogen-bond acceptors (Lipinski definition) is 5. The van der Waals surface area contributed by atoms with Gasteiger partial charge in [0.15, 0.2) is 0 Å². The molecule has 0 spiro atoms. The van der Waals surface area contributed by atoms with Crippen molar-refractivity contribution in [3.8, 4) is 11.1 Å². The van der Waals surface area contributed by atoms with Gasteiger partial charge >= 0.3 is 11.9 Å². The average molecular weight is 271 g/mol. The van der Waals surface area contributed by atoms with Crippen LogP contribution in [0.5, 0.6) is 0 Å². The Bertz CT molecular complexity index is 603. The Labute approximate surface area is 116 Å². The molecular weight excluding hydrogens is 258 g/mol. The number of aromatic nitrogens is 1. The number of rotatable bonds is 3. The number of hydrogen-bond donors (Lipinski definition) is 0. The van der Waals surface area contributed by atoms with E-state index in [1.807, 2.05) is 30.3 Å². The van der Waals surface area contributed by atoms with Crippen LogP contribution in [0.1, 0.15) is 21.0 Å². The number of ether oxygens (including phenoxy) is 2. The second-order valence-corrected chi connectivity index (χ2v) is 3.98. The Kier molecular flexibility index (Phi) is 4.10. The minimum atomic E-state index is -0.604. The van der Waals surface area contributed by atoms with Crippen LogP contribution in [0.25, 0.3) is 11.1 Å². The van der Waals surface area contributed by atoms with Crippen LogP contribution in [0.15, 0.2) is 42.5 Å². The normalized spacial score (nSPS) is 9.90. The van der Waals surface area contributed by atoms with Gasteiger partial charge in [0, 0.05) is 0 Å². The van der Waals surface area contributed by atoms with E-state index in [9.17, 15) is 9.59 Å². The van der Waals surface area contributed by atoms with Crippen molar-refractivity contribution in [2.45, 2.75) is 0 Å². The summed E-state index contributed by atoms with van der Waals surface area (Å²) in [4.78, 5) is 27.2. The van der Waals surface area contributed by atoms with Gasteiger partial charge in [-0.2, -0.15) is 0 Å². The lowest BCUT2D eigenvalue weighted by Gasteiger charge is -2.07.